The van der Waals surface area contributed by atoms with Crippen LogP contribution in [0.3, 0.4) is 0 Å². The molecule has 108 valence electrons. The van der Waals surface area contributed by atoms with Gasteiger partial charge in [0.05, 0.1) is 17.8 Å². The first kappa shape index (κ1) is 13.9. The van der Waals surface area contributed by atoms with Gasteiger partial charge < -0.3 is 9.72 Å². The summed E-state index contributed by atoms with van der Waals surface area (Å²) in [6, 6.07) is 5.64. The van der Waals surface area contributed by atoms with Gasteiger partial charge >= 0.3 is 5.97 Å². The molecule has 3 rings (SSSR count). The molecule has 21 heavy (non-hydrogen) atoms. The topological polar surface area (TPSA) is 55.0 Å². The fraction of sp³-hybridized carbons (Fsp3) is 0.250. The third-order valence-corrected chi connectivity index (χ3v) is 3.61. The van der Waals surface area contributed by atoms with E-state index in [9.17, 15) is 4.79 Å². The van der Waals surface area contributed by atoms with Crippen LogP contribution < -0.4 is 0 Å². The number of benzene rings is 1. The number of carbonyl (C=O) groups is 1. The average molecular weight is 303 g/mol. The third-order valence-electron chi connectivity index (χ3n) is 3.38. The number of aromatic nitrogens is 2. The Labute approximate surface area is 127 Å². The number of aromatic amines is 1. The number of nitrogens with zero attached hydrogens (tertiary/aromatic N) is 1. The predicted molar refractivity (Wildman–Crippen MR) is 83.9 cm³/mol. The van der Waals surface area contributed by atoms with Gasteiger partial charge in [0.15, 0.2) is 5.69 Å². The van der Waals surface area contributed by atoms with Crippen LogP contribution in [0.1, 0.15) is 29.9 Å². The number of aryl methyl sites for hydroxylation is 1. The number of esters is 1. The highest BCUT2D eigenvalue weighted by molar-refractivity contribution is 6.32. The molecule has 0 saturated heterocycles. The van der Waals surface area contributed by atoms with Crippen molar-refractivity contribution in [1.82, 2.24) is 9.97 Å². The van der Waals surface area contributed by atoms with E-state index in [-0.39, 0.29) is 6.10 Å². The molecule has 0 aliphatic rings. The number of H-pyrrole nitrogens is 1. The summed E-state index contributed by atoms with van der Waals surface area (Å²) in [5.74, 6) is -0.402. The fourth-order valence-electron chi connectivity index (χ4n) is 2.51. The van der Waals surface area contributed by atoms with Crippen LogP contribution in [0.25, 0.3) is 21.8 Å². The van der Waals surface area contributed by atoms with Gasteiger partial charge in [0.2, 0.25) is 0 Å². The maximum absolute atomic E-state index is 12.1. The standard InChI is InChI=1S/C16H15ClN2O2/c1-8(2)21-16(20)15-9(3)14-11-6-10(17)4-5-12(11)19-13(14)7-18-15/h4-8,19H,1-3H3. The van der Waals surface area contributed by atoms with Gasteiger partial charge in [-0.15, -0.1) is 0 Å². The number of nitrogens with one attached hydrogen (secondary N) is 1. The van der Waals surface area contributed by atoms with Crippen molar-refractivity contribution in [2.75, 3.05) is 0 Å². The van der Waals surface area contributed by atoms with E-state index < -0.39 is 5.97 Å². The monoisotopic (exact) mass is 302 g/mol. The second-order valence-corrected chi connectivity index (χ2v) is 5.73. The summed E-state index contributed by atoms with van der Waals surface area (Å²) in [4.78, 5) is 19.6. The van der Waals surface area contributed by atoms with Gasteiger partial charge in [0, 0.05) is 21.3 Å². The second kappa shape index (κ2) is 5.04. The zero-order valence-electron chi connectivity index (χ0n) is 12.0. The minimum atomic E-state index is -0.402. The van der Waals surface area contributed by atoms with Crippen molar-refractivity contribution in [1.29, 1.82) is 0 Å². The molecule has 4 nitrogen and oxygen atoms in total. The van der Waals surface area contributed by atoms with Gasteiger partial charge in [-0.05, 0) is 44.5 Å². The highest BCUT2D eigenvalue weighted by atomic mass is 35.5. The summed E-state index contributed by atoms with van der Waals surface area (Å²) in [6.45, 7) is 5.51. The summed E-state index contributed by atoms with van der Waals surface area (Å²) in [5, 5.41) is 2.60. The Hall–Kier alpha value is -2.07. The molecule has 3 aromatic rings. The Morgan fingerprint density at radius 1 is 1.33 bits per heavy atom. The largest absolute Gasteiger partial charge is 0.458 e. The minimum Gasteiger partial charge on any atom is -0.458 e. The summed E-state index contributed by atoms with van der Waals surface area (Å²) < 4.78 is 5.24. The van der Waals surface area contributed by atoms with Gasteiger partial charge in [-0.1, -0.05) is 11.6 Å². The van der Waals surface area contributed by atoms with Gasteiger partial charge in [-0.3, -0.25) is 0 Å². The van der Waals surface area contributed by atoms with Crippen LogP contribution in [0.4, 0.5) is 0 Å². The number of pyridine rings is 1. The quantitative estimate of drug-likeness (QED) is 0.720. The lowest BCUT2D eigenvalue weighted by Crippen LogP contribution is -2.14. The molecular weight excluding hydrogens is 288 g/mol. The van der Waals surface area contributed by atoms with Crippen molar-refractivity contribution in [3.8, 4) is 0 Å². The smallest absolute Gasteiger partial charge is 0.357 e. The normalized spacial score (nSPS) is 11.5. The number of rotatable bonds is 2. The molecular formula is C16H15ClN2O2. The molecule has 0 aliphatic carbocycles. The Bertz CT molecular complexity index is 852. The molecule has 0 unspecified atom stereocenters. The Morgan fingerprint density at radius 3 is 2.81 bits per heavy atom. The highest BCUT2D eigenvalue weighted by Gasteiger charge is 2.18. The van der Waals surface area contributed by atoms with Crippen LogP contribution in [-0.2, 0) is 4.74 Å². The van der Waals surface area contributed by atoms with E-state index >= 15 is 0 Å². The Kier molecular flexibility index (Phi) is 3.33. The van der Waals surface area contributed by atoms with Crippen LogP contribution in [0, 0.1) is 6.92 Å². The van der Waals surface area contributed by atoms with Crippen LogP contribution in [0.2, 0.25) is 5.02 Å². The van der Waals surface area contributed by atoms with Crippen LogP contribution in [-0.4, -0.2) is 22.0 Å². The maximum Gasteiger partial charge on any atom is 0.357 e. The molecule has 1 aromatic carbocycles. The van der Waals surface area contributed by atoms with Crippen molar-refractivity contribution in [2.45, 2.75) is 26.9 Å². The first-order valence-electron chi connectivity index (χ1n) is 6.75. The molecule has 0 spiro atoms. The molecule has 0 bridgehead atoms. The highest BCUT2D eigenvalue weighted by Crippen LogP contribution is 2.31. The molecule has 0 radical (unpaired) electrons. The number of halogens is 1. The van der Waals surface area contributed by atoms with Gasteiger partial charge in [0.1, 0.15) is 0 Å². The van der Waals surface area contributed by atoms with Crippen molar-refractivity contribution in [3.63, 3.8) is 0 Å². The summed E-state index contributed by atoms with van der Waals surface area (Å²) in [5.41, 5.74) is 2.99. The van der Waals surface area contributed by atoms with E-state index in [1.807, 2.05) is 39.0 Å². The van der Waals surface area contributed by atoms with E-state index in [1.165, 1.54) is 0 Å². The van der Waals surface area contributed by atoms with E-state index in [1.54, 1.807) is 6.20 Å². The number of carbonyl (C=O) groups excluding carboxylic acids is 1. The maximum atomic E-state index is 12.1. The lowest BCUT2D eigenvalue weighted by molar-refractivity contribution is 0.0370. The lowest BCUT2D eigenvalue weighted by Gasteiger charge is -2.09. The van der Waals surface area contributed by atoms with Gasteiger partial charge in [-0.25, -0.2) is 9.78 Å². The summed E-state index contributed by atoms with van der Waals surface area (Å²) in [7, 11) is 0. The number of hydrogen-bond acceptors (Lipinski definition) is 3. The molecule has 0 atom stereocenters. The molecule has 0 fully saturated rings. The van der Waals surface area contributed by atoms with E-state index in [2.05, 4.69) is 9.97 Å². The summed E-state index contributed by atoms with van der Waals surface area (Å²) >= 11 is 6.08. The van der Waals surface area contributed by atoms with Gasteiger partial charge in [0.25, 0.3) is 0 Å². The number of hydrogen-bond donors (Lipinski definition) is 1. The van der Waals surface area contributed by atoms with Crippen molar-refractivity contribution < 1.29 is 9.53 Å². The molecule has 5 heteroatoms. The molecule has 0 aliphatic heterocycles. The molecule has 2 heterocycles. The van der Waals surface area contributed by atoms with E-state index in [4.69, 9.17) is 16.3 Å². The Balaban J connectivity index is 2.26. The van der Waals surface area contributed by atoms with Crippen LogP contribution >= 0.6 is 11.6 Å². The Morgan fingerprint density at radius 2 is 2.10 bits per heavy atom. The lowest BCUT2D eigenvalue weighted by atomic mass is 10.1. The molecule has 0 saturated carbocycles. The first-order chi connectivity index (χ1) is 9.97. The fourth-order valence-corrected chi connectivity index (χ4v) is 2.68. The van der Waals surface area contributed by atoms with Crippen LogP contribution in [0.15, 0.2) is 24.4 Å². The number of ether oxygens (including phenoxy) is 1. The van der Waals surface area contributed by atoms with Gasteiger partial charge in [-0.2, -0.15) is 0 Å². The zero-order valence-corrected chi connectivity index (χ0v) is 12.8. The molecule has 2 aromatic heterocycles. The van der Waals surface area contributed by atoms with E-state index in [0.29, 0.717) is 10.7 Å². The second-order valence-electron chi connectivity index (χ2n) is 5.29. The summed E-state index contributed by atoms with van der Waals surface area (Å²) in [6.07, 6.45) is 1.49. The third kappa shape index (κ3) is 2.36. The molecule has 0 amide bonds. The number of fused-ring (bicyclic) bond motifs is 3. The minimum absolute atomic E-state index is 0.174. The molecule has 1 N–H and O–H groups in total. The SMILES string of the molecule is Cc1c(C(=O)OC(C)C)ncc2[nH]c3ccc(Cl)cc3c12. The van der Waals surface area contributed by atoms with Crippen molar-refractivity contribution >= 4 is 39.4 Å². The van der Waals surface area contributed by atoms with Crippen molar-refractivity contribution in [2.24, 2.45) is 0 Å². The first-order valence-corrected chi connectivity index (χ1v) is 7.12. The predicted octanol–water partition coefficient (Wildman–Crippen LogP) is 4.24. The van der Waals surface area contributed by atoms with Crippen LogP contribution in [0.5, 0.6) is 0 Å². The average Bonchev–Trinajstić information content (AvgIpc) is 2.76. The van der Waals surface area contributed by atoms with Crippen molar-refractivity contribution in [3.05, 3.63) is 40.7 Å². The zero-order chi connectivity index (χ0) is 15.1. The van der Waals surface area contributed by atoms with E-state index in [0.717, 1.165) is 27.4 Å².